The molecule has 2 N–H and O–H groups in total. The molecule has 0 unspecified atom stereocenters. The summed E-state index contributed by atoms with van der Waals surface area (Å²) in [5.41, 5.74) is 1.94. The number of hydrogen-bond donors (Lipinski definition) is 2. The number of carbonyl (C=O) groups is 1. The summed E-state index contributed by atoms with van der Waals surface area (Å²) in [5, 5.41) is 9.41. The minimum atomic E-state index is -0.277. The van der Waals surface area contributed by atoms with Crippen LogP contribution in [0.1, 0.15) is 11.1 Å². The smallest absolute Gasteiger partial charge is 0.315 e. The van der Waals surface area contributed by atoms with Crippen molar-refractivity contribution in [3.05, 3.63) is 58.0 Å². The summed E-state index contributed by atoms with van der Waals surface area (Å²) in [5.74, 6) is -0.277. The second-order valence-electron chi connectivity index (χ2n) is 3.79. The molecule has 0 aliphatic carbocycles. The van der Waals surface area contributed by atoms with Crippen molar-refractivity contribution in [1.29, 1.82) is 0 Å². The molecule has 0 spiro atoms. The lowest BCUT2D eigenvalue weighted by molar-refractivity contribution is 0.240. The van der Waals surface area contributed by atoms with Gasteiger partial charge >= 0.3 is 6.03 Å². The van der Waals surface area contributed by atoms with Gasteiger partial charge in [-0.2, -0.15) is 11.3 Å². The van der Waals surface area contributed by atoms with Crippen molar-refractivity contribution in [1.82, 2.24) is 10.6 Å². The lowest BCUT2D eigenvalue weighted by atomic mass is 10.2. The predicted molar refractivity (Wildman–Crippen MR) is 69.8 cm³/mol. The lowest BCUT2D eigenvalue weighted by Crippen LogP contribution is -2.34. The van der Waals surface area contributed by atoms with Crippen LogP contribution in [-0.2, 0) is 13.1 Å². The number of thiophene rings is 1. The third kappa shape index (κ3) is 3.85. The van der Waals surface area contributed by atoms with Gasteiger partial charge in [0, 0.05) is 13.1 Å². The average Bonchev–Trinajstić information content (AvgIpc) is 2.89. The number of carbonyl (C=O) groups excluding carboxylic acids is 1. The average molecular weight is 264 g/mol. The molecule has 0 saturated heterocycles. The summed E-state index contributed by atoms with van der Waals surface area (Å²) >= 11 is 1.60. The highest BCUT2D eigenvalue weighted by Gasteiger charge is 2.01. The molecule has 3 nitrogen and oxygen atoms in total. The van der Waals surface area contributed by atoms with Gasteiger partial charge in [0.1, 0.15) is 5.82 Å². The van der Waals surface area contributed by atoms with Crippen molar-refractivity contribution < 1.29 is 9.18 Å². The fourth-order valence-corrected chi connectivity index (χ4v) is 2.09. The maximum Gasteiger partial charge on any atom is 0.315 e. The molecular weight excluding hydrogens is 251 g/mol. The largest absolute Gasteiger partial charge is 0.334 e. The van der Waals surface area contributed by atoms with Crippen molar-refractivity contribution >= 4 is 17.4 Å². The Morgan fingerprint density at radius 2 is 1.72 bits per heavy atom. The first-order chi connectivity index (χ1) is 8.74. The Balaban J connectivity index is 1.73. The quantitative estimate of drug-likeness (QED) is 0.876. The van der Waals surface area contributed by atoms with Crippen LogP contribution in [0.4, 0.5) is 9.18 Å². The molecule has 1 aromatic carbocycles. The lowest BCUT2D eigenvalue weighted by Gasteiger charge is -2.06. The van der Waals surface area contributed by atoms with E-state index in [1.807, 2.05) is 16.8 Å². The summed E-state index contributed by atoms with van der Waals surface area (Å²) in [6.07, 6.45) is 0. The van der Waals surface area contributed by atoms with Crippen molar-refractivity contribution in [2.45, 2.75) is 13.1 Å². The van der Waals surface area contributed by atoms with Crippen LogP contribution in [0, 0.1) is 5.82 Å². The Labute approximate surface area is 109 Å². The van der Waals surface area contributed by atoms with E-state index in [1.165, 1.54) is 12.1 Å². The molecule has 94 valence electrons. The molecule has 0 bridgehead atoms. The minimum absolute atomic E-state index is 0.231. The van der Waals surface area contributed by atoms with Gasteiger partial charge in [-0.3, -0.25) is 0 Å². The highest BCUT2D eigenvalue weighted by Crippen LogP contribution is 2.05. The zero-order valence-corrected chi connectivity index (χ0v) is 10.5. The van der Waals surface area contributed by atoms with Crippen molar-refractivity contribution in [3.63, 3.8) is 0 Å². The molecule has 5 heteroatoms. The molecule has 0 fully saturated rings. The molecule has 0 aliphatic rings. The van der Waals surface area contributed by atoms with Crippen molar-refractivity contribution in [2.24, 2.45) is 0 Å². The second-order valence-corrected chi connectivity index (χ2v) is 4.57. The van der Waals surface area contributed by atoms with E-state index in [1.54, 1.807) is 23.5 Å². The number of halogens is 1. The first-order valence-electron chi connectivity index (χ1n) is 5.51. The highest BCUT2D eigenvalue weighted by molar-refractivity contribution is 7.07. The topological polar surface area (TPSA) is 41.1 Å². The Morgan fingerprint density at radius 3 is 2.33 bits per heavy atom. The van der Waals surface area contributed by atoms with Crippen molar-refractivity contribution in [2.75, 3.05) is 0 Å². The molecule has 1 heterocycles. The fourth-order valence-electron chi connectivity index (χ4n) is 1.42. The van der Waals surface area contributed by atoms with Gasteiger partial charge < -0.3 is 10.6 Å². The molecule has 0 atom stereocenters. The molecule has 2 amide bonds. The number of nitrogens with one attached hydrogen (secondary N) is 2. The van der Waals surface area contributed by atoms with Crippen LogP contribution in [0.5, 0.6) is 0 Å². The van der Waals surface area contributed by atoms with Crippen LogP contribution >= 0.6 is 11.3 Å². The van der Waals surface area contributed by atoms with E-state index >= 15 is 0 Å². The van der Waals surface area contributed by atoms with Crippen LogP contribution in [0.2, 0.25) is 0 Å². The van der Waals surface area contributed by atoms with Crippen LogP contribution in [-0.4, -0.2) is 6.03 Å². The summed E-state index contributed by atoms with van der Waals surface area (Å²) < 4.78 is 12.7. The van der Waals surface area contributed by atoms with Gasteiger partial charge in [-0.1, -0.05) is 12.1 Å². The molecule has 0 saturated carbocycles. The van der Waals surface area contributed by atoms with Crippen molar-refractivity contribution in [3.8, 4) is 0 Å². The van der Waals surface area contributed by atoms with E-state index in [0.29, 0.717) is 13.1 Å². The molecule has 0 radical (unpaired) electrons. The number of benzene rings is 1. The van der Waals surface area contributed by atoms with E-state index in [9.17, 15) is 9.18 Å². The molecule has 18 heavy (non-hydrogen) atoms. The Bertz CT molecular complexity index is 496. The van der Waals surface area contributed by atoms with Gasteiger partial charge in [0.2, 0.25) is 0 Å². The van der Waals surface area contributed by atoms with E-state index < -0.39 is 0 Å². The van der Waals surface area contributed by atoms with Crippen LogP contribution in [0.25, 0.3) is 0 Å². The van der Waals surface area contributed by atoms with Gasteiger partial charge in [-0.25, -0.2) is 9.18 Å². The van der Waals surface area contributed by atoms with Gasteiger partial charge in [0.25, 0.3) is 0 Å². The Hall–Kier alpha value is -1.88. The summed E-state index contributed by atoms with van der Waals surface area (Å²) in [6, 6.07) is 7.78. The predicted octanol–water partition coefficient (Wildman–Crippen LogP) is 2.89. The number of hydrogen-bond acceptors (Lipinski definition) is 2. The Kier molecular flexibility index (Phi) is 4.30. The van der Waals surface area contributed by atoms with Gasteiger partial charge in [-0.05, 0) is 40.1 Å². The maximum absolute atomic E-state index is 12.7. The van der Waals surface area contributed by atoms with Crippen LogP contribution in [0.15, 0.2) is 41.1 Å². The minimum Gasteiger partial charge on any atom is -0.334 e. The summed E-state index contributed by atoms with van der Waals surface area (Å²) in [7, 11) is 0. The maximum atomic E-state index is 12.7. The number of rotatable bonds is 4. The first-order valence-corrected chi connectivity index (χ1v) is 6.45. The molecule has 1 aromatic heterocycles. The SMILES string of the molecule is O=C(NCc1ccc(F)cc1)NCc1ccsc1. The van der Waals surface area contributed by atoms with E-state index in [4.69, 9.17) is 0 Å². The van der Waals surface area contributed by atoms with Gasteiger partial charge in [-0.15, -0.1) is 0 Å². The second kappa shape index (κ2) is 6.16. The van der Waals surface area contributed by atoms with Gasteiger partial charge in [0.15, 0.2) is 0 Å². The van der Waals surface area contributed by atoms with Crippen LogP contribution in [0.3, 0.4) is 0 Å². The van der Waals surface area contributed by atoms with E-state index in [0.717, 1.165) is 11.1 Å². The standard InChI is InChI=1S/C13H13FN2OS/c14-12-3-1-10(2-4-12)7-15-13(17)16-8-11-5-6-18-9-11/h1-6,9H,7-8H2,(H2,15,16,17). The molecular formula is C13H13FN2OS. The summed E-state index contributed by atoms with van der Waals surface area (Å²) in [6.45, 7) is 0.897. The Morgan fingerprint density at radius 1 is 1.06 bits per heavy atom. The number of urea groups is 1. The normalized spacial score (nSPS) is 10.1. The monoisotopic (exact) mass is 264 g/mol. The third-order valence-corrected chi connectivity index (χ3v) is 3.13. The summed E-state index contributed by atoms with van der Waals surface area (Å²) in [4.78, 5) is 11.5. The zero-order chi connectivity index (χ0) is 12.8. The molecule has 2 rings (SSSR count). The first kappa shape index (κ1) is 12.6. The number of amides is 2. The van der Waals surface area contributed by atoms with E-state index in [2.05, 4.69) is 10.6 Å². The molecule has 2 aromatic rings. The zero-order valence-electron chi connectivity index (χ0n) is 9.65. The van der Waals surface area contributed by atoms with E-state index in [-0.39, 0.29) is 11.8 Å². The third-order valence-electron chi connectivity index (χ3n) is 2.40. The molecule has 0 aliphatic heterocycles. The fraction of sp³-hybridized carbons (Fsp3) is 0.154. The highest BCUT2D eigenvalue weighted by atomic mass is 32.1. The van der Waals surface area contributed by atoms with Gasteiger partial charge in [0.05, 0.1) is 0 Å². The van der Waals surface area contributed by atoms with Crippen LogP contribution < -0.4 is 10.6 Å².